The highest BCUT2D eigenvalue weighted by Gasteiger charge is 2.55. The van der Waals surface area contributed by atoms with Crippen LogP contribution in [0.5, 0.6) is 0 Å². The minimum atomic E-state index is -0.755. The van der Waals surface area contributed by atoms with Gasteiger partial charge in [0.05, 0.1) is 6.04 Å². The first-order chi connectivity index (χ1) is 14.9. The number of amides is 4. The van der Waals surface area contributed by atoms with Crippen molar-refractivity contribution in [1.29, 1.82) is 0 Å². The van der Waals surface area contributed by atoms with Crippen LogP contribution < -0.4 is 5.32 Å². The molecule has 1 spiro atoms. The number of nitrogens with zero attached hydrogens (tertiary/aromatic N) is 2. The van der Waals surface area contributed by atoms with Crippen LogP contribution in [0.15, 0.2) is 54.6 Å². The second-order valence-corrected chi connectivity index (χ2v) is 8.60. The highest BCUT2D eigenvalue weighted by atomic mass is 16.2. The van der Waals surface area contributed by atoms with E-state index in [-0.39, 0.29) is 30.4 Å². The van der Waals surface area contributed by atoms with Crippen LogP contribution in [0.25, 0.3) is 11.1 Å². The monoisotopic (exact) mass is 419 g/mol. The number of nitrogens with one attached hydrogen (secondary N) is 1. The molecule has 0 radical (unpaired) electrons. The molecule has 1 heterocycles. The number of carbonyl (C=O) groups excluding carboxylic acids is 3. The zero-order valence-electron chi connectivity index (χ0n) is 18.1. The standard InChI is InChI=1S/C25H29N3O3/c1-18(19-11-13-21(14-12-19)20-9-5-3-6-10-20)26-22(29)17-28-23(30)25(27(2)24(28)31)15-7-4-8-16-25/h3,5-6,9-14,18H,4,7-8,15-17H2,1-2H3,(H,26,29). The van der Waals surface area contributed by atoms with Crippen molar-refractivity contribution in [1.82, 2.24) is 15.1 Å². The minimum absolute atomic E-state index is 0.227. The van der Waals surface area contributed by atoms with Gasteiger partial charge in [0.25, 0.3) is 5.91 Å². The van der Waals surface area contributed by atoms with E-state index in [1.807, 2.05) is 49.4 Å². The van der Waals surface area contributed by atoms with Gasteiger partial charge in [0.2, 0.25) is 5.91 Å². The Morgan fingerprint density at radius 3 is 2.23 bits per heavy atom. The van der Waals surface area contributed by atoms with E-state index in [1.165, 1.54) is 0 Å². The third-order valence-electron chi connectivity index (χ3n) is 6.68. The van der Waals surface area contributed by atoms with E-state index < -0.39 is 5.54 Å². The molecule has 0 bridgehead atoms. The lowest BCUT2D eigenvalue weighted by Gasteiger charge is -2.35. The third kappa shape index (κ3) is 3.94. The summed E-state index contributed by atoms with van der Waals surface area (Å²) in [6.45, 7) is 1.66. The Morgan fingerprint density at radius 1 is 0.968 bits per heavy atom. The first kappa shape index (κ1) is 21.1. The quantitative estimate of drug-likeness (QED) is 0.741. The maximum Gasteiger partial charge on any atom is 0.327 e. The molecule has 6 heteroatoms. The van der Waals surface area contributed by atoms with Gasteiger partial charge in [-0.25, -0.2) is 4.79 Å². The number of imide groups is 1. The Hall–Kier alpha value is -3.15. The molecule has 31 heavy (non-hydrogen) atoms. The molecule has 2 fully saturated rings. The number of rotatable bonds is 5. The topological polar surface area (TPSA) is 69.7 Å². The molecule has 1 atom stereocenters. The summed E-state index contributed by atoms with van der Waals surface area (Å²) in [5, 5.41) is 2.93. The van der Waals surface area contributed by atoms with E-state index in [9.17, 15) is 14.4 Å². The van der Waals surface area contributed by atoms with Crippen LogP contribution in [0.4, 0.5) is 4.79 Å². The fraction of sp³-hybridized carbons (Fsp3) is 0.400. The van der Waals surface area contributed by atoms with E-state index in [2.05, 4.69) is 17.4 Å². The first-order valence-electron chi connectivity index (χ1n) is 11.0. The molecule has 4 amide bonds. The predicted molar refractivity (Wildman–Crippen MR) is 119 cm³/mol. The molecular weight excluding hydrogens is 390 g/mol. The van der Waals surface area contributed by atoms with E-state index >= 15 is 0 Å². The van der Waals surface area contributed by atoms with E-state index in [4.69, 9.17) is 0 Å². The Labute approximate surface area is 183 Å². The van der Waals surface area contributed by atoms with Crippen molar-refractivity contribution in [2.75, 3.05) is 13.6 Å². The van der Waals surface area contributed by atoms with Gasteiger partial charge in [0.15, 0.2) is 0 Å². The highest BCUT2D eigenvalue weighted by Crippen LogP contribution is 2.39. The second kappa shape index (κ2) is 8.53. The lowest BCUT2D eigenvalue weighted by molar-refractivity contribution is -0.137. The summed E-state index contributed by atoms with van der Waals surface area (Å²) in [7, 11) is 1.68. The number of hydrogen-bond acceptors (Lipinski definition) is 3. The predicted octanol–water partition coefficient (Wildman–Crippen LogP) is 4.13. The zero-order chi connectivity index (χ0) is 22.0. The number of likely N-dealkylation sites (N-methyl/N-ethyl adjacent to an activating group) is 1. The lowest BCUT2D eigenvalue weighted by Crippen LogP contribution is -2.49. The third-order valence-corrected chi connectivity index (χ3v) is 6.68. The summed E-state index contributed by atoms with van der Waals surface area (Å²) < 4.78 is 0. The Bertz CT molecular complexity index is 965. The van der Waals surface area contributed by atoms with Crippen LogP contribution >= 0.6 is 0 Å². The van der Waals surface area contributed by atoms with Gasteiger partial charge in [-0.1, -0.05) is 73.9 Å². The Kier molecular flexibility index (Phi) is 5.81. The van der Waals surface area contributed by atoms with Gasteiger partial charge in [-0.15, -0.1) is 0 Å². The molecule has 2 aromatic carbocycles. The highest BCUT2D eigenvalue weighted by molar-refractivity contribution is 6.09. The molecule has 1 aliphatic carbocycles. The van der Waals surface area contributed by atoms with Crippen molar-refractivity contribution in [2.45, 2.75) is 50.6 Å². The smallest absolute Gasteiger partial charge is 0.327 e. The molecule has 1 saturated heterocycles. The molecule has 162 valence electrons. The summed E-state index contributed by atoms with van der Waals surface area (Å²) in [5.41, 5.74) is 2.46. The second-order valence-electron chi connectivity index (χ2n) is 8.60. The normalized spacial score (nSPS) is 19.0. The van der Waals surface area contributed by atoms with Crippen molar-refractivity contribution in [3.05, 3.63) is 60.2 Å². The average molecular weight is 420 g/mol. The maximum absolute atomic E-state index is 13.1. The SMILES string of the molecule is CC(NC(=O)CN1C(=O)N(C)C2(CCCCC2)C1=O)c1ccc(-c2ccccc2)cc1. The largest absolute Gasteiger partial charge is 0.348 e. The Morgan fingerprint density at radius 2 is 1.58 bits per heavy atom. The summed E-state index contributed by atoms with van der Waals surface area (Å²) in [6, 6.07) is 17.5. The van der Waals surface area contributed by atoms with Gasteiger partial charge in [-0.2, -0.15) is 0 Å². The summed E-state index contributed by atoms with van der Waals surface area (Å²) in [4.78, 5) is 41.1. The average Bonchev–Trinajstić information content (AvgIpc) is 2.96. The van der Waals surface area contributed by atoms with Crippen molar-refractivity contribution < 1.29 is 14.4 Å². The van der Waals surface area contributed by atoms with Crippen molar-refractivity contribution in [3.63, 3.8) is 0 Å². The van der Waals surface area contributed by atoms with Crippen LogP contribution in [0, 0.1) is 0 Å². The van der Waals surface area contributed by atoms with E-state index in [1.54, 1.807) is 11.9 Å². The van der Waals surface area contributed by atoms with Crippen LogP contribution in [0.3, 0.4) is 0 Å². The number of benzene rings is 2. The molecule has 4 rings (SSSR count). The Balaban J connectivity index is 1.39. The fourth-order valence-electron chi connectivity index (χ4n) is 4.78. The summed E-state index contributed by atoms with van der Waals surface area (Å²) >= 11 is 0. The number of urea groups is 1. The summed E-state index contributed by atoms with van der Waals surface area (Å²) in [5.74, 6) is -0.558. The molecule has 1 N–H and O–H groups in total. The van der Waals surface area contributed by atoms with E-state index in [0.717, 1.165) is 40.9 Å². The summed E-state index contributed by atoms with van der Waals surface area (Å²) in [6.07, 6.45) is 4.30. The van der Waals surface area contributed by atoms with Crippen LogP contribution in [-0.2, 0) is 9.59 Å². The molecule has 1 saturated carbocycles. The number of carbonyl (C=O) groups is 3. The fourth-order valence-corrected chi connectivity index (χ4v) is 4.78. The molecule has 6 nitrogen and oxygen atoms in total. The van der Waals surface area contributed by atoms with Gasteiger partial charge in [-0.3, -0.25) is 14.5 Å². The molecule has 1 aliphatic heterocycles. The molecule has 0 aromatic heterocycles. The van der Waals surface area contributed by atoms with Gasteiger partial charge < -0.3 is 10.2 Å². The lowest BCUT2D eigenvalue weighted by atomic mass is 9.81. The van der Waals surface area contributed by atoms with Crippen molar-refractivity contribution in [2.24, 2.45) is 0 Å². The van der Waals surface area contributed by atoms with Crippen LogP contribution in [0.2, 0.25) is 0 Å². The molecule has 2 aromatic rings. The zero-order valence-corrected chi connectivity index (χ0v) is 18.1. The van der Waals surface area contributed by atoms with Crippen LogP contribution in [-0.4, -0.2) is 46.8 Å². The van der Waals surface area contributed by atoms with Gasteiger partial charge >= 0.3 is 6.03 Å². The van der Waals surface area contributed by atoms with Crippen molar-refractivity contribution >= 4 is 17.8 Å². The first-order valence-corrected chi connectivity index (χ1v) is 11.0. The van der Waals surface area contributed by atoms with Crippen LogP contribution in [0.1, 0.15) is 50.6 Å². The molecule has 2 aliphatic rings. The van der Waals surface area contributed by atoms with E-state index in [0.29, 0.717) is 12.8 Å². The molecular formula is C25H29N3O3. The van der Waals surface area contributed by atoms with Gasteiger partial charge in [0.1, 0.15) is 12.1 Å². The number of hydrogen-bond donors (Lipinski definition) is 1. The van der Waals surface area contributed by atoms with Crippen molar-refractivity contribution in [3.8, 4) is 11.1 Å². The molecule has 1 unspecified atom stereocenters. The maximum atomic E-state index is 13.1. The van der Waals surface area contributed by atoms with Gasteiger partial charge in [-0.05, 0) is 36.5 Å². The minimum Gasteiger partial charge on any atom is -0.348 e. The van der Waals surface area contributed by atoms with Gasteiger partial charge in [0, 0.05) is 7.05 Å².